The maximum Gasteiger partial charge on any atom is 0.293 e. The maximum atomic E-state index is 10.2. The Morgan fingerprint density at radius 3 is 2.56 bits per heavy atom. The number of benzene rings is 1. The monoisotopic (exact) mass is 490 g/mol. The Kier molecular flexibility index (Phi) is 6.24. The number of para-hydroxylation sites is 1. The topological polar surface area (TPSA) is 69.6 Å². The highest BCUT2D eigenvalue weighted by molar-refractivity contribution is 7.99. The molecule has 0 atom stereocenters. The van der Waals surface area contributed by atoms with Crippen LogP contribution in [0.3, 0.4) is 0 Å². The first-order chi connectivity index (χ1) is 16.4. The summed E-state index contributed by atoms with van der Waals surface area (Å²) >= 11 is 7.59. The zero-order chi connectivity index (χ0) is 23.7. The minimum absolute atomic E-state index is 0.0889. The molecule has 0 spiro atoms. The molecule has 34 heavy (non-hydrogen) atoms. The van der Waals surface area contributed by atoms with E-state index in [0.717, 1.165) is 77.6 Å². The van der Waals surface area contributed by atoms with Crippen molar-refractivity contribution < 1.29 is 9.40 Å². The average Bonchev–Trinajstić information content (AvgIpc) is 3.38. The van der Waals surface area contributed by atoms with Gasteiger partial charge in [-0.25, -0.2) is 4.98 Å². The molecule has 2 aliphatic heterocycles. The smallest absolute Gasteiger partial charge is 0.293 e. The predicted molar refractivity (Wildman–Crippen MR) is 141 cm³/mol. The van der Waals surface area contributed by atoms with E-state index in [0.29, 0.717) is 0 Å². The van der Waals surface area contributed by atoms with Gasteiger partial charge in [-0.05, 0) is 48.5 Å². The number of H-pyrrole nitrogens is 1. The number of hydrogen-bond acceptors (Lipinski definition) is 5. The maximum absolute atomic E-state index is 10.2. The lowest BCUT2D eigenvalue weighted by atomic mass is 9.91. The molecule has 8 heteroatoms. The van der Waals surface area contributed by atoms with Gasteiger partial charge in [0.25, 0.3) is 5.82 Å². The summed E-state index contributed by atoms with van der Waals surface area (Å²) in [6, 6.07) is 16.4. The van der Waals surface area contributed by atoms with E-state index in [1.165, 1.54) is 5.56 Å². The van der Waals surface area contributed by atoms with Crippen LogP contribution in [-0.2, 0) is 12.2 Å². The summed E-state index contributed by atoms with van der Waals surface area (Å²) in [5, 5.41) is 14.3. The number of piperazine rings is 1. The number of aromatic nitrogens is 1. The second-order valence-electron chi connectivity index (χ2n) is 9.27. The van der Waals surface area contributed by atoms with Crippen LogP contribution in [0.4, 0.5) is 11.5 Å². The van der Waals surface area contributed by atoms with Crippen LogP contribution in [0.15, 0.2) is 53.1 Å². The molecule has 0 unspecified atom stereocenters. The van der Waals surface area contributed by atoms with Crippen LogP contribution in [0, 0.1) is 11.3 Å². The summed E-state index contributed by atoms with van der Waals surface area (Å²) in [6.45, 7) is 7.62. The zero-order valence-electron chi connectivity index (χ0n) is 19.4. The van der Waals surface area contributed by atoms with Gasteiger partial charge in [0.15, 0.2) is 16.6 Å². The van der Waals surface area contributed by atoms with E-state index in [9.17, 15) is 5.26 Å². The Bertz CT molecular complexity index is 1230. The summed E-state index contributed by atoms with van der Waals surface area (Å²) in [7, 11) is 0. The number of anilines is 2. The Morgan fingerprint density at radius 2 is 1.88 bits per heavy atom. The fourth-order valence-electron chi connectivity index (χ4n) is 4.65. The van der Waals surface area contributed by atoms with Crippen molar-refractivity contribution in [1.82, 2.24) is 4.90 Å². The zero-order valence-corrected chi connectivity index (χ0v) is 21.1. The van der Waals surface area contributed by atoms with Crippen molar-refractivity contribution in [2.75, 3.05) is 36.4 Å². The Labute approximate surface area is 210 Å². The van der Waals surface area contributed by atoms with Crippen molar-refractivity contribution >= 4 is 40.6 Å². The molecule has 2 aromatic heterocycles. The second kappa shape index (κ2) is 9.32. The number of aromatic amines is 1. The molecule has 0 aliphatic carbocycles. The summed E-state index contributed by atoms with van der Waals surface area (Å²) < 4.78 is 5.87. The molecule has 2 N–H and O–H groups in total. The molecule has 4 heterocycles. The highest BCUT2D eigenvalue weighted by Crippen LogP contribution is 2.43. The van der Waals surface area contributed by atoms with Crippen molar-refractivity contribution in [3.63, 3.8) is 0 Å². The standard InChI is InChI=1S/C26H27N5OS2/c1-26(2)15-19-20(16-27)24(29-23(21(19)17-34-26)22-9-6-14-32-22)30-10-12-31(13-11-30)25(33)28-18-7-4-3-5-8-18/h3-9,14H,10-13,15,17H2,1-2H3,(H,28,33)/p+1. The van der Waals surface area contributed by atoms with Gasteiger partial charge in [0.1, 0.15) is 24.7 Å². The van der Waals surface area contributed by atoms with E-state index in [-0.39, 0.29) is 4.75 Å². The molecular weight excluding hydrogens is 462 g/mol. The van der Waals surface area contributed by atoms with Gasteiger partial charge < -0.3 is 14.6 Å². The molecule has 0 amide bonds. The van der Waals surface area contributed by atoms with Gasteiger partial charge in [0, 0.05) is 21.8 Å². The molecule has 0 bridgehead atoms. The molecule has 6 nitrogen and oxygen atoms in total. The number of rotatable bonds is 3. The summed E-state index contributed by atoms with van der Waals surface area (Å²) in [5.74, 6) is 2.56. The number of furan rings is 1. The average molecular weight is 491 g/mol. The van der Waals surface area contributed by atoms with Gasteiger partial charge in [0.2, 0.25) is 0 Å². The first-order valence-electron chi connectivity index (χ1n) is 11.5. The number of thiocarbonyl (C=S) groups is 1. The molecule has 1 fully saturated rings. The molecule has 1 saturated heterocycles. The van der Waals surface area contributed by atoms with Crippen LogP contribution in [0.5, 0.6) is 0 Å². The van der Waals surface area contributed by atoms with Crippen LogP contribution in [0.25, 0.3) is 11.5 Å². The largest absolute Gasteiger partial charge is 0.461 e. The van der Waals surface area contributed by atoms with Crippen molar-refractivity contribution in [1.29, 1.82) is 5.26 Å². The third-order valence-electron chi connectivity index (χ3n) is 6.45. The number of nitrogens with zero attached hydrogens (tertiary/aromatic N) is 3. The lowest BCUT2D eigenvalue weighted by Crippen LogP contribution is -2.51. The van der Waals surface area contributed by atoms with Crippen molar-refractivity contribution in [2.45, 2.75) is 30.8 Å². The molecule has 1 aromatic carbocycles. The SMILES string of the molecule is CC1(C)Cc2c(C#N)c(N3CCN(C(=S)Nc4ccccc4)CC3)[nH+]c(-c3ccco3)c2CS1. The van der Waals surface area contributed by atoms with Crippen LogP contribution in [0.1, 0.15) is 30.5 Å². The van der Waals surface area contributed by atoms with E-state index >= 15 is 0 Å². The number of nitriles is 1. The van der Waals surface area contributed by atoms with E-state index in [2.05, 4.69) is 40.0 Å². The normalized spacial score (nSPS) is 17.1. The van der Waals surface area contributed by atoms with Gasteiger partial charge in [-0.3, -0.25) is 4.90 Å². The lowest BCUT2D eigenvalue weighted by molar-refractivity contribution is -0.353. The number of hydrogen-bond donors (Lipinski definition) is 1. The van der Waals surface area contributed by atoms with Gasteiger partial charge in [-0.2, -0.15) is 17.0 Å². The van der Waals surface area contributed by atoms with Crippen molar-refractivity contribution in [3.05, 3.63) is 65.4 Å². The van der Waals surface area contributed by atoms with Gasteiger partial charge in [0.05, 0.1) is 19.4 Å². The highest BCUT2D eigenvalue weighted by atomic mass is 32.2. The van der Waals surface area contributed by atoms with Crippen LogP contribution < -0.4 is 15.2 Å². The first-order valence-corrected chi connectivity index (χ1v) is 12.9. The van der Waals surface area contributed by atoms with E-state index in [4.69, 9.17) is 16.6 Å². The Balaban J connectivity index is 1.42. The molecule has 0 radical (unpaired) electrons. The summed E-state index contributed by atoms with van der Waals surface area (Å²) in [5.41, 5.74) is 5.08. The Morgan fingerprint density at radius 1 is 1.12 bits per heavy atom. The fourth-order valence-corrected chi connectivity index (χ4v) is 6.05. The predicted octanol–water partition coefficient (Wildman–Crippen LogP) is 4.72. The van der Waals surface area contributed by atoms with Crippen molar-refractivity contribution in [2.24, 2.45) is 0 Å². The second-order valence-corrected chi connectivity index (χ2v) is 11.3. The van der Waals surface area contributed by atoms with Gasteiger partial charge >= 0.3 is 0 Å². The van der Waals surface area contributed by atoms with E-state index in [1.807, 2.05) is 54.2 Å². The minimum Gasteiger partial charge on any atom is -0.461 e. The van der Waals surface area contributed by atoms with Gasteiger partial charge in [-0.1, -0.05) is 32.0 Å². The number of fused-ring (bicyclic) bond motifs is 1. The summed E-state index contributed by atoms with van der Waals surface area (Å²) in [6.07, 6.45) is 2.56. The van der Waals surface area contributed by atoms with E-state index < -0.39 is 0 Å². The van der Waals surface area contributed by atoms with Gasteiger partial charge in [-0.15, -0.1) is 0 Å². The first kappa shape index (κ1) is 22.8. The third-order valence-corrected chi connectivity index (χ3v) is 8.16. The van der Waals surface area contributed by atoms with Crippen molar-refractivity contribution in [3.8, 4) is 17.5 Å². The number of pyridine rings is 1. The third kappa shape index (κ3) is 4.50. The molecule has 174 valence electrons. The quantitative estimate of drug-likeness (QED) is 0.533. The molecule has 5 rings (SSSR count). The number of thioether (sulfide) groups is 1. The molecule has 3 aromatic rings. The molecule has 2 aliphatic rings. The molecule has 0 saturated carbocycles. The van der Waals surface area contributed by atoms with E-state index in [1.54, 1.807) is 6.26 Å². The Hall–Kier alpha value is -3.02. The highest BCUT2D eigenvalue weighted by Gasteiger charge is 2.37. The molecular formula is C26H28N5OS2+. The lowest BCUT2D eigenvalue weighted by Gasteiger charge is -2.35. The fraction of sp³-hybridized carbons (Fsp3) is 0.346. The minimum atomic E-state index is 0.0889. The van der Waals surface area contributed by atoms with Crippen LogP contribution >= 0.6 is 24.0 Å². The number of nitrogens with one attached hydrogen (secondary N) is 2. The van der Waals surface area contributed by atoms with Crippen LogP contribution in [0.2, 0.25) is 0 Å². The summed E-state index contributed by atoms with van der Waals surface area (Å²) in [4.78, 5) is 8.08. The van der Waals surface area contributed by atoms with Crippen LogP contribution in [-0.4, -0.2) is 40.9 Å².